The standard InChI is InChI=1S/C8H14N4OS/c1-3-10-5(2)6-4-14-8(11-6)12-7(9)13/h4-5,10H,3H2,1-2H3,(H3,9,11,12,13). The second-order valence-electron chi connectivity index (χ2n) is 2.85. The molecule has 0 aliphatic heterocycles. The van der Waals surface area contributed by atoms with Crippen LogP contribution in [0.15, 0.2) is 5.38 Å². The van der Waals surface area contributed by atoms with Gasteiger partial charge in [-0.2, -0.15) is 0 Å². The fourth-order valence-electron chi connectivity index (χ4n) is 1.06. The van der Waals surface area contributed by atoms with Gasteiger partial charge in [-0.1, -0.05) is 6.92 Å². The quantitative estimate of drug-likeness (QED) is 0.706. The van der Waals surface area contributed by atoms with Gasteiger partial charge in [-0.05, 0) is 13.5 Å². The summed E-state index contributed by atoms with van der Waals surface area (Å²) in [5.41, 5.74) is 5.89. The highest BCUT2D eigenvalue weighted by Crippen LogP contribution is 2.19. The van der Waals surface area contributed by atoms with E-state index >= 15 is 0 Å². The van der Waals surface area contributed by atoms with E-state index in [-0.39, 0.29) is 6.04 Å². The van der Waals surface area contributed by atoms with Crippen LogP contribution in [0.1, 0.15) is 25.6 Å². The van der Waals surface area contributed by atoms with E-state index in [2.05, 4.69) is 15.6 Å². The first-order chi connectivity index (χ1) is 6.63. The van der Waals surface area contributed by atoms with Gasteiger partial charge in [0.1, 0.15) is 0 Å². The van der Waals surface area contributed by atoms with Gasteiger partial charge in [0.2, 0.25) is 0 Å². The van der Waals surface area contributed by atoms with Crippen LogP contribution in [0.4, 0.5) is 9.93 Å². The number of carbonyl (C=O) groups is 1. The van der Waals surface area contributed by atoms with Crippen molar-refractivity contribution in [2.24, 2.45) is 5.73 Å². The van der Waals surface area contributed by atoms with Crippen molar-refractivity contribution >= 4 is 22.5 Å². The van der Waals surface area contributed by atoms with Crippen LogP contribution in [0, 0.1) is 0 Å². The van der Waals surface area contributed by atoms with E-state index < -0.39 is 6.03 Å². The minimum absolute atomic E-state index is 0.194. The maximum Gasteiger partial charge on any atom is 0.318 e. The lowest BCUT2D eigenvalue weighted by Crippen LogP contribution is -2.20. The molecule has 5 nitrogen and oxygen atoms in total. The van der Waals surface area contributed by atoms with Crippen molar-refractivity contribution in [3.63, 3.8) is 0 Å². The second kappa shape index (κ2) is 4.92. The summed E-state index contributed by atoms with van der Waals surface area (Å²) in [6.45, 7) is 4.94. The average Bonchev–Trinajstić information content (AvgIpc) is 2.52. The van der Waals surface area contributed by atoms with E-state index in [1.165, 1.54) is 11.3 Å². The first-order valence-corrected chi connectivity index (χ1v) is 5.26. The lowest BCUT2D eigenvalue weighted by molar-refractivity contribution is 0.259. The number of nitrogens with two attached hydrogens (primary N) is 1. The molecule has 14 heavy (non-hydrogen) atoms. The van der Waals surface area contributed by atoms with Crippen molar-refractivity contribution in [2.75, 3.05) is 11.9 Å². The van der Waals surface area contributed by atoms with Crippen LogP contribution < -0.4 is 16.4 Å². The topological polar surface area (TPSA) is 80.0 Å². The number of hydrogen-bond donors (Lipinski definition) is 3. The van der Waals surface area contributed by atoms with E-state index in [1.54, 1.807) is 0 Å². The Morgan fingerprint density at radius 2 is 2.50 bits per heavy atom. The maximum absolute atomic E-state index is 10.5. The van der Waals surface area contributed by atoms with Gasteiger partial charge < -0.3 is 11.1 Å². The fourth-order valence-corrected chi connectivity index (χ4v) is 1.87. The monoisotopic (exact) mass is 214 g/mol. The Hall–Kier alpha value is -1.14. The molecule has 0 saturated heterocycles. The Morgan fingerprint density at radius 1 is 1.79 bits per heavy atom. The highest BCUT2D eigenvalue weighted by atomic mass is 32.1. The van der Waals surface area contributed by atoms with E-state index in [0.717, 1.165) is 12.2 Å². The number of rotatable bonds is 4. The normalized spacial score (nSPS) is 12.4. The van der Waals surface area contributed by atoms with Crippen LogP contribution in [0.25, 0.3) is 0 Å². The molecular weight excluding hydrogens is 200 g/mol. The molecule has 2 amide bonds. The van der Waals surface area contributed by atoms with Gasteiger partial charge in [-0.3, -0.25) is 5.32 Å². The zero-order valence-corrected chi connectivity index (χ0v) is 9.02. The van der Waals surface area contributed by atoms with Crippen molar-refractivity contribution < 1.29 is 4.79 Å². The zero-order chi connectivity index (χ0) is 10.6. The summed E-state index contributed by atoms with van der Waals surface area (Å²) >= 11 is 1.37. The van der Waals surface area contributed by atoms with Crippen molar-refractivity contribution in [3.05, 3.63) is 11.1 Å². The third kappa shape index (κ3) is 2.97. The molecule has 4 N–H and O–H groups in total. The molecule has 0 fully saturated rings. The van der Waals surface area contributed by atoms with Gasteiger partial charge >= 0.3 is 6.03 Å². The Balaban J connectivity index is 2.62. The highest BCUT2D eigenvalue weighted by Gasteiger charge is 2.09. The summed E-state index contributed by atoms with van der Waals surface area (Å²) in [5, 5.41) is 8.11. The van der Waals surface area contributed by atoms with E-state index in [0.29, 0.717) is 5.13 Å². The summed E-state index contributed by atoms with van der Waals surface area (Å²) in [6, 6.07) is -0.387. The van der Waals surface area contributed by atoms with Gasteiger partial charge in [0.25, 0.3) is 0 Å². The van der Waals surface area contributed by atoms with Crippen LogP contribution in [0.3, 0.4) is 0 Å². The molecule has 78 valence electrons. The van der Waals surface area contributed by atoms with Crippen LogP contribution in [-0.4, -0.2) is 17.6 Å². The number of nitrogens with zero attached hydrogens (tertiary/aromatic N) is 1. The summed E-state index contributed by atoms with van der Waals surface area (Å²) < 4.78 is 0. The molecule has 0 radical (unpaired) electrons. The van der Waals surface area contributed by atoms with E-state index in [9.17, 15) is 4.79 Å². The van der Waals surface area contributed by atoms with Crippen molar-refractivity contribution in [1.29, 1.82) is 0 Å². The maximum atomic E-state index is 10.5. The van der Waals surface area contributed by atoms with Gasteiger partial charge in [0.05, 0.1) is 5.69 Å². The van der Waals surface area contributed by atoms with Crippen LogP contribution in [0.2, 0.25) is 0 Å². The van der Waals surface area contributed by atoms with Gasteiger partial charge in [0, 0.05) is 11.4 Å². The Bertz CT molecular complexity index is 312. The molecule has 1 heterocycles. The lowest BCUT2D eigenvalue weighted by Gasteiger charge is -2.07. The summed E-state index contributed by atoms with van der Waals surface area (Å²) in [7, 11) is 0. The molecule has 0 saturated carbocycles. The predicted molar refractivity (Wildman–Crippen MR) is 57.4 cm³/mol. The predicted octanol–water partition coefficient (Wildman–Crippen LogP) is 1.30. The number of carbonyl (C=O) groups excluding carboxylic acids is 1. The first-order valence-electron chi connectivity index (χ1n) is 4.38. The Kier molecular flexibility index (Phi) is 3.84. The number of nitrogens with one attached hydrogen (secondary N) is 2. The zero-order valence-electron chi connectivity index (χ0n) is 8.20. The fraction of sp³-hybridized carbons (Fsp3) is 0.500. The number of hydrogen-bond acceptors (Lipinski definition) is 4. The third-order valence-electron chi connectivity index (χ3n) is 1.71. The molecule has 0 aliphatic carbocycles. The smallest absolute Gasteiger partial charge is 0.318 e. The van der Waals surface area contributed by atoms with Crippen LogP contribution >= 0.6 is 11.3 Å². The molecule has 0 aliphatic rings. The molecule has 0 bridgehead atoms. The van der Waals surface area contributed by atoms with Crippen molar-refractivity contribution in [1.82, 2.24) is 10.3 Å². The molecular formula is C8H14N4OS. The van der Waals surface area contributed by atoms with Gasteiger partial charge in [-0.15, -0.1) is 11.3 Å². The van der Waals surface area contributed by atoms with E-state index in [4.69, 9.17) is 5.73 Å². The first kappa shape index (κ1) is 10.9. The molecule has 0 spiro atoms. The molecule has 1 atom stereocenters. The largest absolute Gasteiger partial charge is 0.351 e. The summed E-state index contributed by atoms with van der Waals surface area (Å²) in [5.74, 6) is 0. The Morgan fingerprint density at radius 3 is 3.07 bits per heavy atom. The minimum atomic E-state index is -0.581. The number of thiazole rings is 1. The molecule has 6 heteroatoms. The Labute approximate surface area is 86.7 Å². The van der Waals surface area contributed by atoms with Crippen molar-refractivity contribution in [2.45, 2.75) is 19.9 Å². The molecule has 1 unspecified atom stereocenters. The number of aromatic nitrogens is 1. The summed E-state index contributed by atoms with van der Waals surface area (Å²) in [4.78, 5) is 14.7. The molecule has 1 rings (SSSR count). The van der Waals surface area contributed by atoms with E-state index in [1.807, 2.05) is 19.2 Å². The van der Waals surface area contributed by atoms with Gasteiger partial charge in [-0.25, -0.2) is 9.78 Å². The van der Waals surface area contributed by atoms with Gasteiger partial charge in [0.15, 0.2) is 5.13 Å². The second-order valence-corrected chi connectivity index (χ2v) is 3.70. The number of primary amides is 1. The summed E-state index contributed by atoms with van der Waals surface area (Å²) in [6.07, 6.45) is 0. The average molecular weight is 214 g/mol. The molecule has 0 aromatic carbocycles. The highest BCUT2D eigenvalue weighted by molar-refractivity contribution is 7.13. The van der Waals surface area contributed by atoms with Crippen molar-refractivity contribution in [3.8, 4) is 0 Å². The van der Waals surface area contributed by atoms with Crippen LogP contribution in [-0.2, 0) is 0 Å². The number of urea groups is 1. The number of anilines is 1. The van der Waals surface area contributed by atoms with Crippen LogP contribution in [0.5, 0.6) is 0 Å². The minimum Gasteiger partial charge on any atom is -0.351 e. The third-order valence-corrected chi connectivity index (χ3v) is 2.48. The number of amides is 2. The molecule has 1 aromatic rings. The molecule has 1 aromatic heterocycles. The SMILES string of the molecule is CCNC(C)c1csc(NC(N)=O)n1. The lowest BCUT2D eigenvalue weighted by atomic mass is 10.3.